The summed E-state index contributed by atoms with van der Waals surface area (Å²) in [5.41, 5.74) is 0.905. The van der Waals surface area contributed by atoms with Crippen LogP contribution in [0.2, 0.25) is 0 Å². The summed E-state index contributed by atoms with van der Waals surface area (Å²) in [6, 6.07) is 7.56. The smallest absolute Gasteiger partial charge is 0.230 e. The molecule has 1 aromatic heterocycles. The third-order valence-corrected chi connectivity index (χ3v) is 5.60. The maximum atomic E-state index is 11.9. The summed E-state index contributed by atoms with van der Waals surface area (Å²) in [6.45, 7) is 1.38. The van der Waals surface area contributed by atoms with Crippen LogP contribution in [-0.2, 0) is 9.53 Å². The molecule has 1 saturated heterocycles. The number of rotatable bonds is 8. The zero-order chi connectivity index (χ0) is 17.5. The molecule has 9 heteroatoms. The van der Waals surface area contributed by atoms with Gasteiger partial charge in [-0.05, 0) is 37.1 Å². The minimum absolute atomic E-state index is 0.0136. The van der Waals surface area contributed by atoms with Crippen molar-refractivity contribution in [1.29, 1.82) is 0 Å². The summed E-state index contributed by atoms with van der Waals surface area (Å²) in [7, 11) is 1.63. The van der Waals surface area contributed by atoms with Gasteiger partial charge in [0.15, 0.2) is 4.34 Å². The Kier molecular flexibility index (Phi) is 6.48. The number of nitrogens with zero attached hydrogens (tertiary/aromatic N) is 2. The maximum Gasteiger partial charge on any atom is 0.230 e. The molecule has 2 heterocycles. The SMILES string of the molecule is COc1ccc(Nc2nnc(SCC(=O)NC[C@@H]3CCCO3)s2)cc1. The molecule has 134 valence electrons. The largest absolute Gasteiger partial charge is 0.497 e. The van der Waals surface area contributed by atoms with Crippen molar-refractivity contribution in [3.63, 3.8) is 0 Å². The number of aromatic nitrogens is 2. The van der Waals surface area contributed by atoms with E-state index in [0.29, 0.717) is 17.4 Å². The molecular weight excluding hydrogens is 360 g/mol. The number of amides is 1. The van der Waals surface area contributed by atoms with Crippen molar-refractivity contribution in [3.05, 3.63) is 24.3 Å². The maximum absolute atomic E-state index is 11.9. The highest BCUT2D eigenvalue weighted by molar-refractivity contribution is 8.01. The predicted octanol–water partition coefficient (Wildman–Crippen LogP) is 2.68. The molecule has 1 aliphatic rings. The number of anilines is 2. The Morgan fingerprint density at radius 3 is 2.96 bits per heavy atom. The molecule has 7 nitrogen and oxygen atoms in total. The lowest BCUT2D eigenvalue weighted by Crippen LogP contribution is -2.32. The molecule has 1 amide bonds. The van der Waals surface area contributed by atoms with Crippen molar-refractivity contribution in [2.45, 2.75) is 23.3 Å². The van der Waals surface area contributed by atoms with Gasteiger partial charge in [0.25, 0.3) is 0 Å². The number of nitrogens with one attached hydrogen (secondary N) is 2. The molecule has 2 aromatic rings. The van der Waals surface area contributed by atoms with Crippen LogP contribution in [0.3, 0.4) is 0 Å². The highest BCUT2D eigenvalue weighted by atomic mass is 32.2. The fourth-order valence-corrected chi connectivity index (χ4v) is 3.93. The van der Waals surface area contributed by atoms with Crippen LogP contribution in [0, 0.1) is 0 Å². The van der Waals surface area contributed by atoms with Gasteiger partial charge >= 0.3 is 0 Å². The van der Waals surface area contributed by atoms with Crippen molar-refractivity contribution in [2.75, 3.05) is 31.3 Å². The quantitative estimate of drug-likeness (QED) is 0.681. The monoisotopic (exact) mass is 380 g/mol. The standard InChI is InChI=1S/C16H20N4O3S2/c1-22-12-6-4-11(5-7-12)18-15-19-20-16(25-15)24-10-14(21)17-9-13-3-2-8-23-13/h4-7,13H,2-3,8-10H2,1H3,(H,17,21)(H,18,19)/t13-/m0/s1. The first kappa shape index (κ1) is 18.0. The first-order valence-corrected chi connectivity index (χ1v) is 9.79. The third-order valence-electron chi connectivity index (χ3n) is 3.63. The van der Waals surface area contributed by atoms with Gasteiger partial charge in [0, 0.05) is 18.8 Å². The van der Waals surface area contributed by atoms with E-state index in [0.717, 1.165) is 35.2 Å². The Morgan fingerprint density at radius 1 is 1.40 bits per heavy atom. The molecule has 0 radical (unpaired) electrons. The lowest BCUT2D eigenvalue weighted by molar-refractivity contribution is -0.119. The van der Waals surface area contributed by atoms with E-state index < -0.39 is 0 Å². The van der Waals surface area contributed by atoms with Crippen LogP contribution in [-0.4, -0.2) is 48.2 Å². The molecule has 0 spiro atoms. The number of thioether (sulfide) groups is 1. The molecule has 1 fully saturated rings. The Balaban J connectivity index is 1.42. The van der Waals surface area contributed by atoms with Crippen molar-refractivity contribution < 1.29 is 14.3 Å². The molecule has 0 unspecified atom stereocenters. The second-order valence-electron chi connectivity index (χ2n) is 5.45. The molecule has 1 aromatic carbocycles. The number of benzene rings is 1. The summed E-state index contributed by atoms with van der Waals surface area (Å²) in [5.74, 6) is 1.11. The van der Waals surface area contributed by atoms with Crippen molar-refractivity contribution in [1.82, 2.24) is 15.5 Å². The number of methoxy groups -OCH3 is 1. The van der Waals surface area contributed by atoms with Crippen LogP contribution >= 0.6 is 23.1 Å². The summed E-state index contributed by atoms with van der Waals surface area (Å²) >= 11 is 2.80. The van der Waals surface area contributed by atoms with Crippen LogP contribution < -0.4 is 15.4 Å². The Hall–Kier alpha value is -1.84. The van der Waals surface area contributed by atoms with E-state index in [-0.39, 0.29) is 12.0 Å². The van der Waals surface area contributed by atoms with Gasteiger partial charge in [0.1, 0.15) is 5.75 Å². The van der Waals surface area contributed by atoms with E-state index in [1.54, 1.807) is 7.11 Å². The fraction of sp³-hybridized carbons (Fsp3) is 0.438. The van der Waals surface area contributed by atoms with E-state index in [1.807, 2.05) is 24.3 Å². The highest BCUT2D eigenvalue weighted by Gasteiger charge is 2.16. The molecule has 1 aliphatic heterocycles. The molecule has 0 bridgehead atoms. The predicted molar refractivity (Wildman–Crippen MR) is 98.9 cm³/mol. The number of carbonyl (C=O) groups is 1. The zero-order valence-electron chi connectivity index (χ0n) is 13.9. The molecule has 1 atom stereocenters. The first-order chi connectivity index (χ1) is 12.2. The lowest BCUT2D eigenvalue weighted by Gasteiger charge is -2.09. The number of carbonyl (C=O) groups excluding carboxylic acids is 1. The van der Waals surface area contributed by atoms with E-state index >= 15 is 0 Å². The summed E-state index contributed by atoms with van der Waals surface area (Å²) in [6.07, 6.45) is 2.25. The molecule has 0 saturated carbocycles. The second kappa shape index (κ2) is 9.02. The number of ether oxygens (including phenoxy) is 2. The summed E-state index contributed by atoms with van der Waals surface area (Å²) < 4.78 is 11.4. The van der Waals surface area contributed by atoms with Gasteiger partial charge in [0.05, 0.1) is 19.0 Å². The molecular formula is C16H20N4O3S2. The Labute approximate surface area is 154 Å². The molecule has 3 rings (SSSR count). The minimum atomic E-state index is -0.0136. The van der Waals surface area contributed by atoms with Crippen molar-refractivity contribution in [2.24, 2.45) is 0 Å². The molecule has 0 aliphatic carbocycles. The van der Waals surface area contributed by atoms with Gasteiger partial charge in [-0.2, -0.15) is 0 Å². The van der Waals surface area contributed by atoms with Crippen LogP contribution in [0.1, 0.15) is 12.8 Å². The van der Waals surface area contributed by atoms with Crippen LogP contribution in [0.15, 0.2) is 28.6 Å². The first-order valence-electron chi connectivity index (χ1n) is 7.98. The summed E-state index contributed by atoms with van der Waals surface area (Å²) in [5, 5.41) is 15.0. The second-order valence-corrected chi connectivity index (χ2v) is 7.65. The van der Waals surface area contributed by atoms with Gasteiger partial charge in [-0.1, -0.05) is 23.1 Å². The molecule has 2 N–H and O–H groups in total. The average molecular weight is 380 g/mol. The minimum Gasteiger partial charge on any atom is -0.497 e. The van der Waals surface area contributed by atoms with Gasteiger partial charge in [-0.25, -0.2) is 0 Å². The third kappa shape index (κ3) is 5.58. The number of hydrogen-bond donors (Lipinski definition) is 2. The normalized spacial score (nSPS) is 16.6. The topological polar surface area (TPSA) is 85.4 Å². The zero-order valence-corrected chi connectivity index (χ0v) is 15.5. The van der Waals surface area contributed by atoms with Gasteiger partial charge in [0.2, 0.25) is 11.0 Å². The average Bonchev–Trinajstić information content (AvgIpc) is 3.31. The highest BCUT2D eigenvalue weighted by Crippen LogP contribution is 2.28. The number of hydrogen-bond acceptors (Lipinski definition) is 8. The van der Waals surface area contributed by atoms with E-state index in [1.165, 1.54) is 23.1 Å². The van der Waals surface area contributed by atoms with Crippen LogP contribution in [0.4, 0.5) is 10.8 Å². The van der Waals surface area contributed by atoms with Crippen molar-refractivity contribution in [3.8, 4) is 5.75 Å². The van der Waals surface area contributed by atoms with Gasteiger partial charge in [-0.15, -0.1) is 10.2 Å². The van der Waals surface area contributed by atoms with E-state index in [4.69, 9.17) is 9.47 Å². The van der Waals surface area contributed by atoms with Gasteiger partial charge in [-0.3, -0.25) is 4.79 Å². The van der Waals surface area contributed by atoms with E-state index in [2.05, 4.69) is 20.8 Å². The van der Waals surface area contributed by atoms with Crippen LogP contribution in [0.5, 0.6) is 5.75 Å². The lowest BCUT2D eigenvalue weighted by atomic mass is 10.2. The Bertz CT molecular complexity index is 687. The van der Waals surface area contributed by atoms with Crippen LogP contribution in [0.25, 0.3) is 0 Å². The van der Waals surface area contributed by atoms with Gasteiger partial charge < -0.3 is 20.1 Å². The van der Waals surface area contributed by atoms with Crippen molar-refractivity contribution >= 4 is 39.8 Å². The Morgan fingerprint density at radius 2 is 2.24 bits per heavy atom. The summed E-state index contributed by atoms with van der Waals surface area (Å²) in [4.78, 5) is 11.9. The molecule has 25 heavy (non-hydrogen) atoms. The van der Waals surface area contributed by atoms with E-state index in [9.17, 15) is 4.79 Å². The fourth-order valence-electron chi connectivity index (χ4n) is 2.33.